The van der Waals surface area contributed by atoms with Gasteiger partial charge in [-0.3, -0.25) is 14.7 Å². The standard InChI is InChI=1S/C22H26FN3O4/c1-4-24-20(27)15-9-7-11-25-17(15)13-19-18(12-14-8-5-6-10-16(14)23)26(21(28)29)22(2,3)30-19/h5-11,18-19H,4,12-13H2,1-3H3,(H,24,27)(H,28,29)/t18-,19+/m1/s1. The van der Waals surface area contributed by atoms with E-state index in [1.54, 1.807) is 50.4 Å². The fourth-order valence-electron chi connectivity index (χ4n) is 3.99. The number of nitrogens with one attached hydrogen (secondary N) is 1. The molecule has 2 aromatic rings. The second-order valence-electron chi connectivity index (χ2n) is 7.68. The summed E-state index contributed by atoms with van der Waals surface area (Å²) in [7, 11) is 0. The van der Waals surface area contributed by atoms with E-state index >= 15 is 0 Å². The normalized spacial score (nSPS) is 20.2. The summed E-state index contributed by atoms with van der Waals surface area (Å²) in [5, 5.41) is 12.6. The van der Waals surface area contributed by atoms with Crippen molar-refractivity contribution >= 4 is 12.0 Å². The van der Waals surface area contributed by atoms with E-state index in [1.165, 1.54) is 11.0 Å². The number of ether oxygens (including phenoxy) is 1. The summed E-state index contributed by atoms with van der Waals surface area (Å²) in [6.07, 6.45) is 0.210. The number of carbonyl (C=O) groups is 2. The number of aromatic nitrogens is 1. The minimum absolute atomic E-state index is 0.149. The van der Waals surface area contributed by atoms with Crippen molar-refractivity contribution in [1.29, 1.82) is 0 Å². The summed E-state index contributed by atoms with van der Waals surface area (Å²) in [6.45, 7) is 5.63. The smallest absolute Gasteiger partial charge is 0.409 e. The first-order valence-electron chi connectivity index (χ1n) is 9.90. The highest BCUT2D eigenvalue weighted by Gasteiger charge is 2.50. The van der Waals surface area contributed by atoms with E-state index in [9.17, 15) is 19.1 Å². The molecule has 160 valence electrons. The number of pyridine rings is 1. The number of hydrogen-bond donors (Lipinski definition) is 2. The van der Waals surface area contributed by atoms with Crippen molar-refractivity contribution in [2.45, 2.75) is 51.5 Å². The summed E-state index contributed by atoms with van der Waals surface area (Å²) >= 11 is 0. The lowest BCUT2D eigenvalue weighted by atomic mass is 9.95. The summed E-state index contributed by atoms with van der Waals surface area (Å²) < 4.78 is 20.4. The van der Waals surface area contributed by atoms with Gasteiger partial charge in [0.1, 0.15) is 11.5 Å². The van der Waals surface area contributed by atoms with Crippen LogP contribution in [0.3, 0.4) is 0 Å². The van der Waals surface area contributed by atoms with E-state index in [4.69, 9.17) is 4.74 Å². The first-order chi connectivity index (χ1) is 14.2. The molecule has 2 N–H and O–H groups in total. The zero-order valence-corrected chi connectivity index (χ0v) is 17.3. The van der Waals surface area contributed by atoms with E-state index in [0.717, 1.165) is 0 Å². The van der Waals surface area contributed by atoms with Crippen LogP contribution in [-0.4, -0.2) is 51.4 Å². The summed E-state index contributed by atoms with van der Waals surface area (Å²) in [4.78, 5) is 30.0. The fourth-order valence-corrected chi connectivity index (χ4v) is 3.99. The minimum Gasteiger partial charge on any atom is -0.465 e. The predicted molar refractivity (Wildman–Crippen MR) is 109 cm³/mol. The van der Waals surface area contributed by atoms with E-state index in [2.05, 4.69) is 10.3 Å². The average Bonchev–Trinajstić information content (AvgIpc) is 2.93. The Morgan fingerprint density at radius 2 is 1.97 bits per heavy atom. The maximum absolute atomic E-state index is 14.3. The minimum atomic E-state index is -1.14. The summed E-state index contributed by atoms with van der Waals surface area (Å²) in [6, 6.07) is 9.00. The number of amides is 2. The quantitative estimate of drug-likeness (QED) is 0.756. The molecule has 0 bridgehead atoms. The molecular formula is C22H26FN3O4. The van der Waals surface area contributed by atoms with Gasteiger partial charge in [0, 0.05) is 19.2 Å². The van der Waals surface area contributed by atoms with Crippen LogP contribution in [0, 0.1) is 5.82 Å². The molecule has 0 aliphatic carbocycles. The van der Waals surface area contributed by atoms with Gasteiger partial charge in [0.2, 0.25) is 0 Å². The maximum atomic E-state index is 14.3. The van der Waals surface area contributed by atoms with E-state index < -0.39 is 29.8 Å². The molecule has 3 rings (SSSR count). The number of nitrogens with zero attached hydrogens (tertiary/aromatic N) is 2. The van der Waals surface area contributed by atoms with Crippen LogP contribution in [-0.2, 0) is 17.6 Å². The second kappa shape index (κ2) is 8.79. The molecule has 30 heavy (non-hydrogen) atoms. The molecule has 7 nitrogen and oxygen atoms in total. The molecule has 1 saturated heterocycles. The second-order valence-corrected chi connectivity index (χ2v) is 7.68. The lowest BCUT2D eigenvalue weighted by Gasteiger charge is -2.31. The number of benzene rings is 1. The van der Waals surface area contributed by atoms with Gasteiger partial charge in [0.05, 0.1) is 23.4 Å². The van der Waals surface area contributed by atoms with Crippen molar-refractivity contribution in [2.24, 2.45) is 0 Å². The van der Waals surface area contributed by atoms with E-state index in [1.807, 2.05) is 6.92 Å². The third-order valence-electron chi connectivity index (χ3n) is 5.24. The SMILES string of the molecule is CCNC(=O)c1cccnc1C[C@@H]1OC(C)(C)N(C(=O)O)[C@@H]1Cc1ccccc1F. The first kappa shape index (κ1) is 21.7. The highest BCUT2D eigenvalue weighted by Crippen LogP contribution is 2.36. The molecule has 1 fully saturated rings. The zero-order chi connectivity index (χ0) is 21.9. The van der Waals surface area contributed by atoms with Crippen molar-refractivity contribution in [3.8, 4) is 0 Å². The Hall–Kier alpha value is -3.00. The Morgan fingerprint density at radius 3 is 2.63 bits per heavy atom. The number of halogens is 1. The van der Waals surface area contributed by atoms with Gasteiger partial charge in [-0.2, -0.15) is 0 Å². The van der Waals surface area contributed by atoms with Crippen molar-refractivity contribution in [3.05, 3.63) is 65.2 Å². The molecule has 2 heterocycles. The molecule has 0 radical (unpaired) electrons. The molecular weight excluding hydrogens is 389 g/mol. The fraction of sp³-hybridized carbons (Fsp3) is 0.409. The predicted octanol–water partition coefficient (Wildman–Crippen LogP) is 3.24. The van der Waals surface area contributed by atoms with Crippen molar-refractivity contribution in [1.82, 2.24) is 15.2 Å². The molecule has 0 unspecified atom stereocenters. The average molecular weight is 415 g/mol. The van der Waals surface area contributed by atoms with Gasteiger partial charge in [-0.1, -0.05) is 18.2 Å². The topological polar surface area (TPSA) is 91.8 Å². The Balaban J connectivity index is 1.95. The van der Waals surface area contributed by atoms with Crippen LogP contribution < -0.4 is 5.32 Å². The van der Waals surface area contributed by atoms with E-state index in [-0.39, 0.29) is 18.7 Å². The molecule has 2 amide bonds. The lowest BCUT2D eigenvalue weighted by molar-refractivity contribution is -0.0660. The summed E-state index contributed by atoms with van der Waals surface area (Å²) in [5.74, 6) is -0.647. The van der Waals surface area contributed by atoms with Gasteiger partial charge in [-0.05, 0) is 51.0 Å². The van der Waals surface area contributed by atoms with Gasteiger partial charge in [0.25, 0.3) is 5.91 Å². The number of hydrogen-bond acceptors (Lipinski definition) is 4. The monoisotopic (exact) mass is 415 g/mol. The molecule has 0 saturated carbocycles. The molecule has 1 aliphatic heterocycles. The molecule has 1 aromatic carbocycles. The molecule has 0 spiro atoms. The van der Waals surface area contributed by atoms with Gasteiger partial charge < -0.3 is 15.2 Å². The lowest BCUT2D eigenvalue weighted by Crippen LogP contribution is -2.48. The van der Waals surface area contributed by atoms with Crippen molar-refractivity contribution in [3.63, 3.8) is 0 Å². The highest BCUT2D eigenvalue weighted by molar-refractivity contribution is 5.95. The Bertz CT molecular complexity index is 934. The van der Waals surface area contributed by atoms with Crippen LogP contribution in [0.2, 0.25) is 0 Å². The summed E-state index contributed by atoms with van der Waals surface area (Å²) in [5.41, 5.74) is 0.228. The third kappa shape index (κ3) is 4.43. The number of carboxylic acid groups (broad SMARTS) is 1. The van der Waals surface area contributed by atoms with Crippen LogP contribution >= 0.6 is 0 Å². The Labute approximate surface area is 174 Å². The van der Waals surface area contributed by atoms with Gasteiger partial charge in [-0.25, -0.2) is 9.18 Å². The third-order valence-corrected chi connectivity index (χ3v) is 5.24. The van der Waals surface area contributed by atoms with Crippen LogP contribution in [0.5, 0.6) is 0 Å². The van der Waals surface area contributed by atoms with Gasteiger partial charge in [-0.15, -0.1) is 0 Å². The maximum Gasteiger partial charge on any atom is 0.409 e. The van der Waals surface area contributed by atoms with Crippen LogP contribution in [0.25, 0.3) is 0 Å². The number of rotatable bonds is 6. The van der Waals surface area contributed by atoms with Crippen molar-refractivity contribution < 1.29 is 23.8 Å². The van der Waals surface area contributed by atoms with Crippen LogP contribution in [0.4, 0.5) is 9.18 Å². The molecule has 1 aliphatic rings. The van der Waals surface area contributed by atoms with E-state index in [0.29, 0.717) is 23.4 Å². The van der Waals surface area contributed by atoms with Crippen LogP contribution in [0.1, 0.15) is 42.4 Å². The largest absolute Gasteiger partial charge is 0.465 e. The van der Waals surface area contributed by atoms with Crippen LogP contribution in [0.15, 0.2) is 42.6 Å². The molecule has 8 heteroatoms. The molecule has 1 aromatic heterocycles. The molecule has 2 atom stereocenters. The highest BCUT2D eigenvalue weighted by atomic mass is 19.1. The Kier molecular flexibility index (Phi) is 6.36. The van der Waals surface area contributed by atoms with Crippen molar-refractivity contribution in [2.75, 3.05) is 6.54 Å². The Morgan fingerprint density at radius 1 is 1.23 bits per heavy atom. The van der Waals surface area contributed by atoms with Gasteiger partial charge >= 0.3 is 6.09 Å². The van der Waals surface area contributed by atoms with Gasteiger partial charge in [0.15, 0.2) is 0 Å². The number of carbonyl (C=O) groups excluding carboxylic acids is 1. The zero-order valence-electron chi connectivity index (χ0n) is 17.3. The first-order valence-corrected chi connectivity index (χ1v) is 9.90.